The van der Waals surface area contributed by atoms with Gasteiger partial charge in [0.25, 0.3) is 0 Å². The molecule has 0 aliphatic rings. The maximum absolute atomic E-state index is 12.1. The van der Waals surface area contributed by atoms with Crippen LogP contribution in [0.2, 0.25) is 0 Å². The van der Waals surface area contributed by atoms with Crippen molar-refractivity contribution in [2.24, 2.45) is 0 Å². The molecule has 0 atom stereocenters. The Morgan fingerprint density at radius 1 is 1.33 bits per heavy atom. The van der Waals surface area contributed by atoms with Crippen LogP contribution in [0.25, 0.3) is 5.65 Å². The highest BCUT2D eigenvalue weighted by Crippen LogP contribution is 2.15. The number of nitrogens with zero attached hydrogens (tertiary/aromatic N) is 4. The summed E-state index contributed by atoms with van der Waals surface area (Å²) in [6.07, 6.45) is 6.23. The molecule has 0 bridgehead atoms. The van der Waals surface area contributed by atoms with Crippen LogP contribution < -0.4 is 5.32 Å². The van der Waals surface area contributed by atoms with E-state index < -0.39 is 0 Å². The number of fused-ring (bicyclic) bond motifs is 1. The average molecular weight is 281 g/mol. The number of aromatic nitrogens is 4. The number of hydrogen-bond acceptors (Lipinski definition) is 4. The summed E-state index contributed by atoms with van der Waals surface area (Å²) in [5.74, 6) is 0.654. The van der Waals surface area contributed by atoms with Crippen molar-refractivity contribution in [3.8, 4) is 0 Å². The summed E-state index contributed by atoms with van der Waals surface area (Å²) in [7, 11) is 0. The molecule has 0 aliphatic heterocycles. The number of carbonyl (C=O) groups excluding carboxylic acids is 1. The molecule has 6 heteroatoms. The van der Waals surface area contributed by atoms with Crippen LogP contribution in [-0.4, -0.2) is 25.5 Å². The number of carbonyl (C=O) groups is 1. The highest BCUT2D eigenvalue weighted by atomic mass is 16.1. The summed E-state index contributed by atoms with van der Waals surface area (Å²) in [5.41, 5.74) is 2.20. The first-order chi connectivity index (χ1) is 10.3. The molecular weight excluding hydrogens is 266 g/mol. The average Bonchev–Trinajstić information content (AvgIpc) is 2.92. The predicted octanol–water partition coefficient (Wildman–Crippen LogP) is 1.87. The number of pyridine rings is 2. The topological polar surface area (TPSA) is 72.2 Å². The van der Waals surface area contributed by atoms with Gasteiger partial charge >= 0.3 is 0 Å². The highest BCUT2D eigenvalue weighted by molar-refractivity contribution is 5.95. The van der Waals surface area contributed by atoms with Gasteiger partial charge < -0.3 is 5.32 Å². The van der Waals surface area contributed by atoms with E-state index in [2.05, 4.69) is 20.4 Å². The zero-order valence-corrected chi connectivity index (χ0v) is 11.7. The molecule has 0 saturated heterocycles. The van der Waals surface area contributed by atoms with Gasteiger partial charge in [-0.05, 0) is 23.8 Å². The maximum atomic E-state index is 12.1. The molecule has 0 spiro atoms. The first-order valence-electron chi connectivity index (χ1n) is 6.79. The van der Waals surface area contributed by atoms with Gasteiger partial charge in [0.05, 0.1) is 12.1 Å². The van der Waals surface area contributed by atoms with Crippen molar-refractivity contribution in [1.82, 2.24) is 19.6 Å². The largest absolute Gasteiger partial charge is 0.323 e. The van der Waals surface area contributed by atoms with E-state index in [9.17, 15) is 4.79 Å². The Bertz CT molecular complexity index is 766. The van der Waals surface area contributed by atoms with E-state index in [1.165, 1.54) is 0 Å². The molecule has 0 aromatic carbocycles. The Morgan fingerprint density at radius 3 is 3.00 bits per heavy atom. The molecule has 3 rings (SSSR count). The minimum atomic E-state index is -0.0999. The number of aryl methyl sites for hydroxylation is 1. The van der Waals surface area contributed by atoms with Crippen molar-refractivity contribution >= 4 is 17.2 Å². The lowest BCUT2D eigenvalue weighted by Crippen LogP contribution is -2.15. The zero-order valence-electron chi connectivity index (χ0n) is 11.7. The fourth-order valence-corrected chi connectivity index (χ4v) is 2.08. The minimum absolute atomic E-state index is 0.0999. The number of hydrogen-bond donors (Lipinski definition) is 1. The Hall–Kier alpha value is -2.76. The molecule has 1 N–H and O–H groups in total. The Labute approximate surface area is 121 Å². The van der Waals surface area contributed by atoms with Crippen LogP contribution in [0.15, 0.2) is 42.9 Å². The lowest BCUT2D eigenvalue weighted by Gasteiger charge is -2.05. The summed E-state index contributed by atoms with van der Waals surface area (Å²) in [4.78, 5) is 20.5. The van der Waals surface area contributed by atoms with Crippen LogP contribution in [0.3, 0.4) is 0 Å². The van der Waals surface area contributed by atoms with Gasteiger partial charge in [-0.3, -0.25) is 9.78 Å². The summed E-state index contributed by atoms with van der Waals surface area (Å²) >= 11 is 0. The van der Waals surface area contributed by atoms with Crippen molar-refractivity contribution < 1.29 is 4.79 Å². The van der Waals surface area contributed by atoms with Crippen LogP contribution in [0, 0.1) is 0 Å². The monoisotopic (exact) mass is 281 g/mol. The summed E-state index contributed by atoms with van der Waals surface area (Å²) < 4.78 is 1.68. The van der Waals surface area contributed by atoms with Gasteiger partial charge in [0.2, 0.25) is 5.91 Å². The van der Waals surface area contributed by atoms with Gasteiger partial charge in [-0.1, -0.05) is 13.0 Å². The molecule has 106 valence electrons. The Balaban J connectivity index is 1.81. The van der Waals surface area contributed by atoms with Gasteiger partial charge in [-0.15, -0.1) is 0 Å². The zero-order chi connectivity index (χ0) is 14.7. The van der Waals surface area contributed by atoms with Crippen molar-refractivity contribution in [3.63, 3.8) is 0 Å². The van der Waals surface area contributed by atoms with Crippen LogP contribution in [0.4, 0.5) is 5.69 Å². The number of nitrogens with one attached hydrogen (secondary N) is 1. The molecule has 3 aromatic heterocycles. The molecule has 6 nitrogen and oxygen atoms in total. The number of anilines is 1. The van der Waals surface area contributed by atoms with E-state index in [0.29, 0.717) is 11.3 Å². The summed E-state index contributed by atoms with van der Waals surface area (Å²) in [6.45, 7) is 2.00. The molecule has 3 aromatic rings. The number of rotatable bonds is 4. The van der Waals surface area contributed by atoms with Crippen LogP contribution in [0.5, 0.6) is 0 Å². The third-order valence-corrected chi connectivity index (χ3v) is 3.08. The lowest BCUT2D eigenvalue weighted by atomic mass is 10.2. The van der Waals surface area contributed by atoms with E-state index in [-0.39, 0.29) is 12.3 Å². The van der Waals surface area contributed by atoms with Gasteiger partial charge in [0.15, 0.2) is 11.5 Å². The van der Waals surface area contributed by atoms with Gasteiger partial charge in [-0.25, -0.2) is 9.50 Å². The molecule has 0 aliphatic carbocycles. The van der Waals surface area contributed by atoms with Gasteiger partial charge in [0, 0.05) is 25.0 Å². The van der Waals surface area contributed by atoms with Crippen molar-refractivity contribution in [3.05, 3.63) is 54.2 Å². The Kier molecular flexibility index (Phi) is 3.59. The second-order valence-electron chi connectivity index (χ2n) is 4.66. The van der Waals surface area contributed by atoms with Crippen LogP contribution in [0.1, 0.15) is 18.3 Å². The molecule has 1 amide bonds. The summed E-state index contributed by atoms with van der Waals surface area (Å²) in [5, 5.41) is 7.21. The van der Waals surface area contributed by atoms with E-state index in [4.69, 9.17) is 0 Å². The lowest BCUT2D eigenvalue weighted by molar-refractivity contribution is -0.115. The first-order valence-corrected chi connectivity index (χ1v) is 6.79. The Morgan fingerprint density at radius 2 is 2.24 bits per heavy atom. The highest BCUT2D eigenvalue weighted by Gasteiger charge is 2.10. The first kappa shape index (κ1) is 13.2. The maximum Gasteiger partial charge on any atom is 0.228 e. The fraction of sp³-hybridized carbons (Fsp3) is 0.200. The van der Waals surface area contributed by atoms with E-state index >= 15 is 0 Å². The normalized spacial score (nSPS) is 10.7. The molecule has 0 fully saturated rings. The van der Waals surface area contributed by atoms with E-state index in [0.717, 1.165) is 17.8 Å². The quantitative estimate of drug-likeness (QED) is 0.792. The minimum Gasteiger partial charge on any atom is -0.323 e. The van der Waals surface area contributed by atoms with Crippen LogP contribution >= 0.6 is 0 Å². The van der Waals surface area contributed by atoms with E-state index in [1.807, 2.05) is 37.4 Å². The third-order valence-electron chi connectivity index (χ3n) is 3.08. The second kappa shape index (κ2) is 5.70. The van der Waals surface area contributed by atoms with Crippen LogP contribution in [-0.2, 0) is 17.6 Å². The summed E-state index contributed by atoms with van der Waals surface area (Å²) in [6, 6.07) is 7.35. The SMILES string of the molecule is CCc1nc2c(NC(=O)Cc3cccnc3)cccn2n1. The van der Waals surface area contributed by atoms with Crippen molar-refractivity contribution in [2.45, 2.75) is 19.8 Å². The third kappa shape index (κ3) is 2.89. The number of amides is 1. The van der Waals surface area contributed by atoms with E-state index in [1.54, 1.807) is 16.9 Å². The molecule has 21 heavy (non-hydrogen) atoms. The second-order valence-corrected chi connectivity index (χ2v) is 4.66. The molecule has 0 unspecified atom stereocenters. The van der Waals surface area contributed by atoms with Crippen molar-refractivity contribution in [2.75, 3.05) is 5.32 Å². The standard InChI is InChI=1S/C15H15N5O/c1-2-13-18-15-12(6-4-8-20(15)19-13)17-14(21)9-11-5-3-7-16-10-11/h3-8,10H,2,9H2,1H3,(H,17,21). The smallest absolute Gasteiger partial charge is 0.228 e. The molecule has 0 saturated carbocycles. The predicted molar refractivity (Wildman–Crippen MR) is 78.9 cm³/mol. The molecular formula is C15H15N5O. The van der Waals surface area contributed by atoms with Gasteiger partial charge in [-0.2, -0.15) is 5.10 Å². The molecule has 3 heterocycles. The van der Waals surface area contributed by atoms with Crippen molar-refractivity contribution in [1.29, 1.82) is 0 Å². The van der Waals surface area contributed by atoms with Gasteiger partial charge in [0.1, 0.15) is 0 Å². The fourth-order valence-electron chi connectivity index (χ4n) is 2.08. The molecule has 0 radical (unpaired) electrons.